The van der Waals surface area contributed by atoms with Crippen molar-refractivity contribution in [3.05, 3.63) is 27.9 Å². The van der Waals surface area contributed by atoms with Crippen LogP contribution in [0.5, 0.6) is 0 Å². The van der Waals surface area contributed by atoms with Crippen molar-refractivity contribution in [2.24, 2.45) is 0 Å². The Kier molecular flexibility index (Phi) is 3.19. The van der Waals surface area contributed by atoms with E-state index in [0.717, 1.165) is 11.4 Å². The fraction of sp³-hybridized carbons (Fsp3) is 0.556. The molecular formula is C9H14N2O2. The molecule has 0 aliphatic heterocycles. The predicted molar refractivity (Wildman–Crippen MR) is 49.8 cm³/mol. The third kappa shape index (κ3) is 2.39. The summed E-state index contributed by atoms with van der Waals surface area (Å²) in [5.74, 6) is 0. The zero-order valence-electron chi connectivity index (χ0n) is 8.20. The lowest BCUT2D eigenvalue weighted by Gasteiger charge is -2.08. The van der Waals surface area contributed by atoms with Crippen molar-refractivity contribution in [1.82, 2.24) is 9.55 Å². The maximum Gasteiger partial charge on any atom is 0.348 e. The monoisotopic (exact) mass is 182 g/mol. The third-order valence-electron chi connectivity index (χ3n) is 1.87. The van der Waals surface area contributed by atoms with Crippen LogP contribution in [-0.2, 0) is 11.3 Å². The van der Waals surface area contributed by atoms with Gasteiger partial charge in [-0.2, -0.15) is 4.98 Å². The fourth-order valence-electron chi connectivity index (χ4n) is 1.23. The van der Waals surface area contributed by atoms with Crippen LogP contribution in [0.25, 0.3) is 0 Å². The van der Waals surface area contributed by atoms with Gasteiger partial charge in [0.25, 0.3) is 0 Å². The molecule has 0 bridgehead atoms. The van der Waals surface area contributed by atoms with Crippen LogP contribution >= 0.6 is 0 Å². The number of hydrogen-bond donors (Lipinski definition) is 0. The Labute approximate surface area is 77.2 Å². The van der Waals surface area contributed by atoms with E-state index in [1.165, 1.54) is 0 Å². The molecule has 0 aromatic carbocycles. The number of aromatic nitrogens is 2. The second kappa shape index (κ2) is 4.18. The SMILES string of the molecule is COCCn1c(C)cc(C)nc1=O. The van der Waals surface area contributed by atoms with Crippen LogP contribution in [0.4, 0.5) is 0 Å². The van der Waals surface area contributed by atoms with E-state index in [1.807, 2.05) is 19.9 Å². The van der Waals surface area contributed by atoms with E-state index in [4.69, 9.17) is 4.74 Å². The quantitative estimate of drug-likeness (QED) is 0.684. The Hall–Kier alpha value is -1.16. The van der Waals surface area contributed by atoms with Gasteiger partial charge in [-0.05, 0) is 19.9 Å². The molecule has 0 N–H and O–H groups in total. The zero-order chi connectivity index (χ0) is 9.84. The average molecular weight is 182 g/mol. The first-order valence-electron chi connectivity index (χ1n) is 4.19. The smallest absolute Gasteiger partial charge is 0.348 e. The molecule has 4 heteroatoms. The summed E-state index contributed by atoms with van der Waals surface area (Å²) in [4.78, 5) is 15.2. The largest absolute Gasteiger partial charge is 0.383 e. The van der Waals surface area contributed by atoms with Crippen molar-refractivity contribution in [3.63, 3.8) is 0 Å². The molecule has 0 radical (unpaired) electrons. The molecule has 4 nitrogen and oxygen atoms in total. The summed E-state index contributed by atoms with van der Waals surface area (Å²) in [6, 6.07) is 1.89. The summed E-state index contributed by atoms with van der Waals surface area (Å²) in [5.41, 5.74) is 1.49. The summed E-state index contributed by atoms with van der Waals surface area (Å²) < 4.78 is 6.51. The van der Waals surface area contributed by atoms with Crippen LogP contribution in [0, 0.1) is 13.8 Å². The molecular weight excluding hydrogens is 168 g/mol. The van der Waals surface area contributed by atoms with Crippen molar-refractivity contribution in [3.8, 4) is 0 Å². The van der Waals surface area contributed by atoms with Crippen LogP contribution in [0.15, 0.2) is 10.9 Å². The molecule has 0 saturated heterocycles. The van der Waals surface area contributed by atoms with Gasteiger partial charge in [-0.3, -0.25) is 4.57 Å². The highest BCUT2D eigenvalue weighted by atomic mass is 16.5. The minimum absolute atomic E-state index is 0.199. The van der Waals surface area contributed by atoms with Crippen molar-refractivity contribution >= 4 is 0 Å². The van der Waals surface area contributed by atoms with E-state index in [2.05, 4.69) is 4.98 Å². The van der Waals surface area contributed by atoms with Crippen LogP contribution in [-0.4, -0.2) is 23.3 Å². The van der Waals surface area contributed by atoms with Gasteiger partial charge in [0, 0.05) is 18.5 Å². The summed E-state index contributed by atoms with van der Waals surface area (Å²) in [6.07, 6.45) is 0. The zero-order valence-corrected chi connectivity index (χ0v) is 8.20. The molecule has 0 atom stereocenters. The summed E-state index contributed by atoms with van der Waals surface area (Å²) in [7, 11) is 1.61. The minimum atomic E-state index is -0.199. The van der Waals surface area contributed by atoms with E-state index in [1.54, 1.807) is 11.7 Å². The summed E-state index contributed by atoms with van der Waals surface area (Å²) in [5, 5.41) is 0. The Balaban J connectivity index is 2.99. The van der Waals surface area contributed by atoms with E-state index in [9.17, 15) is 4.79 Å². The lowest BCUT2D eigenvalue weighted by molar-refractivity contribution is 0.185. The van der Waals surface area contributed by atoms with E-state index in [0.29, 0.717) is 13.2 Å². The fourth-order valence-corrected chi connectivity index (χ4v) is 1.23. The molecule has 1 rings (SSSR count). The second-order valence-electron chi connectivity index (χ2n) is 2.97. The van der Waals surface area contributed by atoms with Gasteiger partial charge in [0.05, 0.1) is 13.2 Å². The van der Waals surface area contributed by atoms with Gasteiger partial charge in [0.15, 0.2) is 0 Å². The molecule has 1 heterocycles. The topological polar surface area (TPSA) is 44.1 Å². The molecule has 0 fully saturated rings. The molecule has 0 amide bonds. The first-order chi connectivity index (χ1) is 6.15. The van der Waals surface area contributed by atoms with Gasteiger partial charge < -0.3 is 4.74 Å². The molecule has 1 aromatic rings. The normalized spacial score (nSPS) is 10.4. The number of hydrogen-bond acceptors (Lipinski definition) is 3. The maximum atomic E-state index is 11.4. The molecule has 0 saturated carbocycles. The summed E-state index contributed by atoms with van der Waals surface area (Å²) in [6.45, 7) is 4.81. The number of aryl methyl sites for hydroxylation is 2. The van der Waals surface area contributed by atoms with E-state index >= 15 is 0 Å². The molecule has 13 heavy (non-hydrogen) atoms. The maximum absolute atomic E-state index is 11.4. The van der Waals surface area contributed by atoms with Crippen molar-refractivity contribution in [1.29, 1.82) is 0 Å². The summed E-state index contributed by atoms with van der Waals surface area (Å²) >= 11 is 0. The third-order valence-corrected chi connectivity index (χ3v) is 1.87. The lowest BCUT2D eigenvalue weighted by Crippen LogP contribution is -2.27. The predicted octanol–water partition coefficient (Wildman–Crippen LogP) is 0.507. The lowest BCUT2D eigenvalue weighted by atomic mass is 10.3. The Bertz CT molecular complexity index is 344. The highest BCUT2D eigenvalue weighted by Crippen LogP contribution is 1.95. The van der Waals surface area contributed by atoms with Crippen LogP contribution in [0.3, 0.4) is 0 Å². The van der Waals surface area contributed by atoms with Crippen molar-refractivity contribution < 1.29 is 4.74 Å². The highest BCUT2D eigenvalue weighted by molar-refractivity contribution is 5.06. The van der Waals surface area contributed by atoms with Gasteiger partial charge in [-0.25, -0.2) is 4.79 Å². The van der Waals surface area contributed by atoms with Gasteiger partial charge in [0.1, 0.15) is 0 Å². The molecule has 0 aliphatic rings. The average Bonchev–Trinajstić information content (AvgIpc) is 2.02. The van der Waals surface area contributed by atoms with Crippen molar-refractivity contribution in [2.45, 2.75) is 20.4 Å². The number of methoxy groups -OCH3 is 1. The Morgan fingerprint density at radius 3 is 2.77 bits per heavy atom. The first-order valence-corrected chi connectivity index (χ1v) is 4.19. The van der Waals surface area contributed by atoms with Gasteiger partial charge in [-0.1, -0.05) is 0 Å². The molecule has 0 aliphatic carbocycles. The molecule has 0 unspecified atom stereocenters. The standard InChI is InChI=1S/C9H14N2O2/c1-7-6-8(2)11(4-5-13-3)9(12)10-7/h6H,4-5H2,1-3H3. The first kappa shape index (κ1) is 9.92. The number of rotatable bonds is 3. The van der Waals surface area contributed by atoms with Crippen molar-refractivity contribution in [2.75, 3.05) is 13.7 Å². The highest BCUT2D eigenvalue weighted by Gasteiger charge is 2.01. The van der Waals surface area contributed by atoms with Gasteiger partial charge >= 0.3 is 5.69 Å². The molecule has 72 valence electrons. The van der Waals surface area contributed by atoms with E-state index < -0.39 is 0 Å². The number of ether oxygens (including phenoxy) is 1. The Morgan fingerprint density at radius 1 is 1.54 bits per heavy atom. The molecule has 1 aromatic heterocycles. The number of nitrogens with zero attached hydrogens (tertiary/aromatic N) is 2. The second-order valence-corrected chi connectivity index (χ2v) is 2.97. The minimum Gasteiger partial charge on any atom is -0.383 e. The van der Waals surface area contributed by atoms with Crippen LogP contribution < -0.4 is 5.69 Å². The van der Waals surface area contributed by atoms with E-state index in [-0.39, 0.29) is 5.69 Å². The van der Waals surface area contributed by atoms with Crippen LogP contribution in [0.2, 0.25) is 0 Å². The van der Waals surface area contributed by atoms with Gasteiger partial charge in [-0.15, -0.1) is 0 Å². The Morgan fingerprint density at radius 2 is 2.23 bits per heavy atom. The molecule has 0 spiro atoms. The van der Waals surface area contributed by atoms with Crippen LogP contribution in [0.1, 0.15) is 11.4 Å². The van der Waals surface area contributed by atoms with Gasteiger partial charge in [0.2, 0.25) is 0 Å².